The van der Waals surface area contributed by atoms with Gasteiger partial charge in [-0.05, 0) is 11.1 Å². The molecule has 0 aromatic heterocycles. The summed E-state index contributed by atoms with van der Waals surface area (Å²) in [4.78, 5) is 17.8. The molecule has 4 heteroatoms. The lowest BCUT2D eigenvalue weighted by Gasteiger charge is -2.14. The van der Waals surface area contributed by atoms with Gasteiger partial charge in [-0.2, -0.15) is 0 Å². The third-order valence-corrected chi connectivity index (χ3v) is 3.69. The SMILES string of the molecule is O=C1CSC2=NCc3ccccc3CN12. The fraction of sp³-hybridized carbons (Fsp3) is 0.273. The first-order valence-corrected chi connectivity index (χ1v) is 5.87. The van der Waals surface area contributed by atoms with Gasteiger partial charge in [-0.3, -0.25) is 14.7 Å². The number of fused-ring (bicyclic) bond motifs is 2. The van der Waals surface area contributed by atoms with Crippen LogP contribution in [-0.2, 0) is 17.9 Å². The molecule has 3 rings (SSSR count). The van der Waals surface area contributed by atoms with E-state index in [9.17, 15) is 4.79 Å². The molecule has 1 aromatic carbocycles. The Hall–Kier alpha value is -1.29. The molecule has 2 heterocycles. The van der Waals surface area contributed by atoms with Gasteiger partial charge in [0, 0.05) is 0 Å². The van der Waals surface area contributed by atoms with E-state index in [0.29, 0.717) is 18.8 Å². The molecule has 2 aliphatic heterocycles. The number of benzene rings is 1. The van der Waals surface area contributed by atoms with Crippen molar-refractivity contribution in [2.75, 3.05) is 5.75 Å². The zero-order chi connectivity index (χ0) is 10.3. The molecule has 1 fully saturated rings. The number of thioether (sulfide) groups is 1. The van der Waals surface area contributed by atoms with Crippen LogP contribution in [0.25, 0.3) is 0 Å². The van der Waals surface area contributed by atoms with E-state index in [-0.39, 0.29) is 5.91 Å². The van der Waals surface area contributed by atoms with Crippen LogP contribution in [0.4, 0.5) is 0 Å². The molecule has 76 valence electrons. The number of aliphatic imine (C=N–C) groups is 1. The Bertz CT molecular complexity index is 456. The van der Waals surface area contributed by atoms with Crippen LogP contribution in [0.5, 0.6) is 0 Å². The van der Waals surface area contributed by atoms with E-state index in [0.717, 1.165) is 5.17 Å². The van der Waals surface area contributed by atoms with Crippen molar-refractivity contribution in [2.45, 2.75) is 13.1 Å². The zero-order valence-corrected chi connectivity index (χ0v) is 8.96. The highest BCUT2D eigenvalue weighted by atomic mass is 32.2. The predicted octanol–water partition coefficient (Wildman–Crippen LogP) is 1.63. The molecule has 0 radical (unpaired) electrons. The number of hydrogen-bond acceptors (Lipinski definition) is 3. The molecule has 0 bridgehead atoms. The molecule has 1 aromatic rings. The minimum absolute atomic E-state index is 0.176. The molecule has 3 nitrogen and oxygen atoms in total. The molecular weight excluding hydrogens is 208 g/mol. The van der Waals surface area contributed by atoms with E-state index >= 15 is 0 Å². The van der Waals surface area contributed by atoms with Crippen LogP contribution in [-0.4, -0.2) is 21.7 Å². The molecule has 0 saturated carbocycles. The van der Waals surface area contributed by atoms with Gasteiger partial charge in [0.15, 0.2) is 5.17 Å². The number of rotatable bonds is 0. The van der Waals surface area contributed by atoms with E-state index in [2.05, 4.69) is 17.1 Å². The Morgan fingerprint density at radius 3 is 2.93 bits per heavy atom. The van der Waals surface area contributed by atoms with Crippen molar-refractivity contribution in [1.82, 2.24) is 4.90 Å². The summed E-state index contributed by atoms with van der Waals surface area (Å²) < 4.78 is 0. The molecule has 0 N–H and O–H groups in total. The molecule has 2 aliphatic rings. The maximum atomic E-state index is 11.6. The summed E-state index contributed by atoms with van der Waals surface area (Å²) >= 11 is 1.54. The lowest BCUT2D eigenvalue weighted by atomic mass is 10.1. The van der Waals surface area contributed by atoms with E-state index in [1.165, 1.54) is 11.1 Å². The first kappa shape index (κ1) is 8.97. The van der Waals surface area contributed by atoms with Gasteiger partial charge in [-0.15, -0.1) is 0 Å². The Balaban J connectivity index is 2.03. The second kappa shape index (κ2) is 3.38. The van der Waals surface area contributed by atoms with Crippen LogP contribution < -0.4 is 0 Å². The normalized spacial score (nSPS) is 19.3. The van der Waals surface area contributed by atoms with Crippen molar-refractivity contribution >= 4 is 22.8 Å². The fourth-order valence-electron chi connectivity index (χ4n) is 1.86. The molecule has 0 unspecified atom stereocenters. The highest BCUT2D eigenvalue weighted by Crippen LogP contribution is 2.26. The topological polar surface area (TPSA) is 32.7 Å². The minimum Gasteiger partial charge on any atom is -0.286 e. The zero-order valence-electron chi connectivity index (χ0n) is 8.14. The van der Waals surface area contributed by atoms with Crippen LogP contribution >= 0.6 is 11.8 Å². The Morgan fingerprint density at radius 2 is 2.07 bits per heavy atom. The quantitative estimate of drug-likeness (QED) is 0.663. The highest BCUT2D eigenvalue weighted by Gasteiger charge is 2.29. The summed E-state index contributed by atoms with van der Waals surface area (Å²) in [6, 6.07) is 8.18. The van der Waals surface area contributed by atoms with E-state index < -0.39 is 0 Å². The van der Waals surface area contributed by atoms with Crippen molar-refractivity contribution in [2.24, 2.45) is 4.99 Å². The Kier molecular flexibility index (Phi) is 2.02. The number of carbonyl (C=O) groups is 1. The lowest BCUT2D eigenvalue weighted by Crippen LogP contribution is -2.28. The number of hydrogen-bond donors (Lipinski definition) is 0. The first-order valence-electron chi connectivity index (χ1n) is 4.89. The monoisotopic (exact) mass is 218 g/mol. The summed E-state index contributed by atoms with van der Waals surface area (Å²) in [5.41, 5.74) is 2.44. The largest absolute Gasteiger partial charge is 0.286 e. The van der Waals surface area contributed by atoms with Crippen molar-refractivity contribution in [1.29, 1.82) is 0 Å². The number of nitrogens with zero attached hydrogens (tertiary/aromatic N) is 2. The van der Waals surface area contributed by atoms with E-state index in [4.69, 9.17) is 0 Å². The lowest BCUT2D eigenvalue weighted by molar-refractivity contribution is -0.124. The summed E-state index contributed by atoms with van der Waals surface area (Å²) in [6.07, 6.45) is 0. The second-order valence-corrected chi connectivity index (χ2v) is 4.58. The maximum absolute atomic E-state index is 11.6. The van der Waals surface area contributed by atoms with Crippen molar-refractivity contribution in [3.63, 3.8) is 0 Å². The summed E-state index contributed by atoms with van der Waals surface area (Å²) in [6.45, 7) is 1.38. The Labute approximate surface area is 92.2 Å². The van der Waals surface area contributed by atoms with Crippen molar-refractivity contribution in [3.8, 4) is 0 Å². The van der Waals surface area contributed by atoms with Crippen LogP contribution in [0.3, 0.4) is 0 Å². The van der Waals surface area contributed by atoms with Gasteiger partial charge in [-0.1, -0.05) is 36.0 Å². The summed E-state index contributed by atoms with van der Waals surface area (Å²) in [7, 11) is 0. The van der Waals surface area contributed by atoms with Gasteiger partial charge >= 0.3 is 0 Å². The highest BCUT2D eigenvalue weighted by molar-refractivity contribution is 8.15. The molecule has 0 spiro atoms. The van der Waals surface area contributed by atoms with Gasteiger partial charge in [0.1, 0.15) is 0 Å². The average Bonchev–Trinajstić information content (AvgIpc) is 2.51. The van der Waals surface area contributed by atoms with Gasteiger partial charge < -0.3 is 0 Å². The van der Waals surface area contributed by atoms with Gasteiger partial charge in [0.25, 0.3) is 0 Å². The van der Waals surface area contributed by atoms with Crippen LogP contribution in [0.2, 0.25) is 0 Å². The molecule has 0 atom stereocenters. The smallest absolute Gasteiger partial charge is 0.239 e. The van der Waals surface area contributed by atoms with Gasteiger partial charge in [0.05, 0.1) is 18.8 Å². The van der Waals surface area contributed by atoms with Gasteiger partial charge in [0.2, 0.25) is 5.91 Å². The molecule has 0 aliphatic carbocycles. The van der Waals surface area contributed by atoms with Crippen LogP contribution in [0.1, 0.15) is 11.1 Å². The average molecular weight is 218 g/mol. The summed E-state index contributed by atoms with van der Waals surface area (Å²) in [5.74, 6) is 0.719. The van der Waals surface area contributed by atoms with Gasteiger partial charge in [-0.25, -0.2) is 0 Å². The summed E-state index contributed by atoms with van der Waals surface area (Å²) in [5, 5.41) is 0.885. The Morgan fingerprint density at radius 1 is 1.27 bits per heavy atom. The molecule has 1 saturated heterocycles. The number of amides is 1. The maximum Gasteiger partial charge on any atom is 0.239 e. The van der Waals surface area contributed by atoms with Crippen LogP contribution in [0.15, 0.2) is 29.3 Å². The fourth-order valence-corrected chi connectivity index (χ4v) is 2.75. The van der Waals surface area contributed by atoms with Crippen molar-refractivity contribution < 1.29 is 4.79 Å². The first-order chi connectivity index (χ1) is 7.34. The minimum atomic E-state index is 0.176. The number of carbonyl (C=O) groups excluding carboxylic acids is 1. The molecule has 1 amide bonds. The second-order valence-electron chi connectivity index (χ2n) is 3.64. The molecular formula is C11H10N2OS. The van der Waals surface area contributed by atoms with E-state index in [1.54, 1.807) is 16.7 Å². The van der Waals surface area contributed by atoms with Crippen molar-refractivity contribution in [3.05, 3.63) is 35.4 Å². The molecule has 15 heavy (non-hydrogen) atoms. The van der Waals surface area contributed by atoms with Crippen LogP contribution in [0, 0.1) is 0 Å². The number of amidine groups is 1. The van der Waals surface area contributed by atoms with E-state index in [1.807, 2.05) is 12.1 Å². The standard InChI is InChI=1S/C11H10N2OS/c14-10-7-15-11-12-5-8-3-1-2-4-9(8)6-13(10)11/h1-4H,5-7H2. The third-order valence-electron chi connectivity index (χ3n) is 2.69. The predicted molar refractivity (Wildman–Crippen MR) is 60.6 cm³/mol. The third kappa shape index (κ3) is 1.45.